The smallest absolute Gasteiger partial charge is 0.305 e. The molecule has 1 aliphatic heterocycles. The monoisotopic (exact) mass is 344 g/mol. The Morgan fingerprint density at radius 1 is 1.12 bits per heavy atom. The van der Waals surface area contributed by atoms with Crippen molar-refractivity contribution in [1.82, 2.24) is 0 Å². The minimum absolute atomic E-state index is 0.186. The lowest BCUT2D eigenvalue weighted by Gasteiger charge is -2.13. The number of carbonyl (C=O) groups excluding carboxylic acids is 2. The van der Waals surface area contributed by atoms with E-state index in [9.17, 15) is 9.59 Å². The molecule has 0 fully saturated rings. The number of benzene rings is 2. The summed E-state index contributed by atoms with van der Waals surface area (Å²) in [6, 6.07) is 8.95. The van der Waals surface area contributed by atoms with Crippen LogP contribution < -0.4 is 10.6 Å². The Bertz CT molecular complexity index is 833. The number of carbonyl (C=O) groups is 2. The van der Waals surface area contributed by atoms with Gasteiger partial charge in [-0.2, -0.15) is 0 Å². The second kappa shape index (κ2) is 6.53. The van der Waals surface area contributed by atoms with Crippen LogP contribution in [0.25, 0.3) is 0 Å². The number of aryl methyl sites for hydroxylation is 2. The molecule has 5 nitrogen and oxygen atoms in total. The molecular formula is C18H17ClN2O3. The van der Waals surface area contributed by atoms with Gasteiger partial charge in [-0.3, -0.25) is 9.59 Å². The molecule has 3 rings (SSSR count). The molecule has 0 saturated heterocycles. The van der Waals surface area contributed by atoms with Crippen molar-refractivity contribution in [3.05, 3.63) is 52.0 Å². The number of nitrogens with one attached hydrogen (secondary N) is 2. The molecule has 0 unspecified atom stereocenters. The zero-order chi connectivity index (χ0) is 17.3. The number of esters is 1. The highest BCUT2D eigenvalue weighted by Gasteiger charge is 2.20. The zero-order valence-corrected chi connectivity index (χ0v) is 14.2. The Kier molecular flexibility index (Phi) is 4.44. The fourth-order valence-corrected chi connectivity index (χ4v) is 2.89. The minimum Gasteiger partial charge on any atom is -0.469 e. The van der Waals surface area contributed by atoms with Crippen molar-refractivity contribution in [2.75, 3.05) is 17.7 Å². The molecule has 24 heavy (non-hydrogen) atoms. The average Bonchev–Trinajstić information content (AvgIpc) is 2.67. The van der Waals surface area contributed by atoms with Crippen molar-refractivity contribution >= 4 is 40.5 Å². The van der Waals surface area contributed by atoms with Crippen LogP contribution >= 0.6 is 11.6 Å². The van der Waals surface area contributed by atoms with Crippen LogP contribution in [0.5, 0.6) is 0 Å². The first-order valence-electron chi connectivity index (χ1n) is 7.56. The predicted octanol–water partition coefficient (Wildman–Crippen LogP) is 4.06. The zero-order valence-electron chi connectivity index (χ0n) is 13.4. The number of halogens is 1. The Hall–Kier alpha value is -2.53. The van der Waals surface area contributed by atoms with Crippen LogP contribution in [0.2, 0.25) is 5.02 Å². The van der Waals surface area contributed by atoms with Gasteiger partial charge in [-0.15, -0.1) is 0 Å². The van der Waals surface area contributed by atoms with Crippen molar-refractivity contribution < 1.29 is 14.3 Å². The van der Waals surface area contributed by atoms with Gasteiger partial charge in [-0.25, -0.2) is 0 Å². The number of fused-ring (bicyclic) bond motifs is 2. The summed E-state index contributed by atoms with van der Waals surface area (Å²) in [7, 11) is 1.38. The normalized spacial score (nSPS) is 12.4. The quantitative estimate of drug-likeness (QED) is 0.824. The number of hydrogen-bond acceptors (Lipinski definition) is 4. The van der Waals surface area contributed by atoms with E-state index in [0.29, 0.717) is 34.8 Å². The molecule has 1 aliphatic rings. The van der Waals surface area contributed by atoms with Crippen molar-refractivity contribution in [3.63, 3.8) is 0 Å². The maximum Gasteiger partial charge on any atom is 0.305 e. The van der Waals surface area contributed by atoms with Gasteiger partial charge in [0.15, 0.2) is 0 Å². The second-order valence-electron chi connectivity index (χ2n) is 5.67. The van der Waals surface area contributed by atoms with E-state index in [1.54, 1.807) is 18.2 Å². The molecule has 0 spiro atoms. The maximum absolute atomic E-state index is 12.4. The van der Waals surface area contributed by atoms with Crippen LogP contribution in [-0.4, -0.2) is 19.0 Å². The number of rotatable bonds is 3. The maximum atomic E-state index is 12.4. The first kappa shape index (κ1) is 16.3. The molecule has 2 N–H and O–H groups in total. The second-order valence-corrected chi connectivity index (χ2v) is 6.11. The van der Waals surface area contributed by atoms with E-state index < -0.39 is 0 Å². The third-order valence-electron chi connectivity index (χ3n) is 4.05. The van der Waals surface area contributed by atoms with Crippen LogP contribution in [0.15, 0.2) is 30.3 Å². The molecule has 1 amide bonds. The van der Waals surface area contributed by atoms with Gasteiger partial charge in [0.1, 0.15) is 0 Å². The first-order chi connectivity index (χ1) is 11.5. The lowest BCUT2D eigenvalue weighted by molar-refractivity contribution is -0.140. The molecule has 6 heteroatoms. The minimum atomic E-state index is -0.247. The van der Waals surface area contributed by atoms with E-state index in [1.165, 1.54) is 7.11 Å². The van der Waals surface area contributed by atoms with Gasteiger partial charge < -0.3 is 15.4 Å². The Morgan fingerprint density at radius 3 is 2.62 bits per heavy atom. The molecule has 2 aromatic rings. The van der Waals surface area contributed by atoms with Gasteiger partial charge in [-0.1, -0.05) is 11.6 Å². The van der Waals surface area contributed by atoms with Gasteiger partial charge in [0.2, 0.25) is 0 Å². The van der Waals surface area contributed by atoms with Gasteiger partial charge in [0.05, 0.1) is 29.7 Å². The Balaban J connectivity index is 1.97. The van der Waals surface area contributed by atoms with Crippen LogP contribution in [0.3, 0.4) is 0 Å². The van der Waals surface area contributed by atoms with Crippen LogP contribution in [-0.2, 0) is 16.0 Å². The van der Waals surface area contributed by atoms with Crippen LogP contribution in [0.4, 0.5) is 17.1 Å². The number of ether oxygens (including phenoxy) is 1. The highest BCUT2D eigenvalue weighted by Crippen LogP contribution is 2.35. The number of hydrogen-bond donors (Lipinski definition) is 2. The van der Waals surface area contributed by atoms with E-state index in [2.05, 4.69) is 10.6 Å². The summed E-state index contributed by atoms with van der Waals surface area (Å²) in [6.45, 7) is 1.95. The highest BCUT2D eigenvalue weighted by molar-refractivity contribution is 6.31. The lowest BCUT2D eigenvalue weighted by atomic mass is 10.0. The summed E-state index contributed by atoms with van der Waals surface area (Å²) in [4.78, 5) is 23.7. The summed E-state index contributed by atoms with van der Waals surface area (Å²) in [6.07, 6.45) is 0.884. The van der Waals surface area contributed by atoms with Crippen molar-refractivity contribution in [2.45, 2.75) is 19.8 Å². The Morgan fingerprint density at radius 2 is 1.88 bits per heavy atom. The number of anilines is 3. The van der Waals surface area contributed by atoms with Crippen molar-refractivity contribution in [2.24, 2.45) is 0 Å². The molecule has 1 heterocycles. The third kappa shape index (κ3) is 3.21. The van der Waals surface area contributed by atoms with Gasteiger partial charge in [-0.05, 0) is 54.8 Å². The van der Waals surface area contributed by atoms with Crippen molar-refractivity contribution in [3.8, 4) is 0 Å². The van der Waals surface area contributed by atoms with Crippen LogP contribution in [0.1, 0.15) is 27.9 Å². The molecule has 124 valence electrons. The van der Waals surface area contributed by atoms with E-state index in [4.69, 9.17) is 16.3 Å². The van der Waals surface area contributed by atoms with E-state index in [-0.39, 0.29) is 11.9 Å². The summed E-state index contributed by atoms with van der Waals surface area (Å²) in [5.41, 5.74) is 4.68. The molecule has 2 aromatic carbocycles. The Labute approximate surface area is 145 Å². The standard InChI is InChI=1S/C18H17ClN2O3/c1-10-7-15-16(8-11(10)3-6-17(22)24-2)20-14-9-12(19)4-5-13(14)18(23)21-15/h4-5,7-9,20H,3,6H2,1-2H3,(H,21,23). The van der Waals surface area contributed by atoms with Crippen LogP contribution in [0, 0.1) is 6.92 Å². The average molecular weight is 345 g/mol. The number of amides is 1. The van der Waals surface area contributed by atoms with Gasteiger partial charge >= 0.3 is 5.97 Å². The summed E-state index contributed by atoms with van der Waals surface area (Å²) < 4.78 is 4.69. The topological polar surface area (TPSA) is 67.4 Å². The third-order valence-corrected chi connectivity index (χ3v) is 4.28. The molecule has 0 atom stereocenters. The summed E-state index contributed by atoms with van der Waals surface area (Å²) in [5.74, 6) is -0.433. The molecule has 0 aromatic heterocycles. The fraction of sp³-hybridized carbons (Fsp3) is 0.222. The fourth-order valence-electron chi connectivity index (χ4n) is 2.72. The summed E-state index contributed by atoms with van der Waals surface area (Å²) in [5, 5.41) is 6.72. The molecule has 0 saturated carbocycles. The van der Waals surface area contributed by atoms with Crippen molar-refractivity contribution in [1.29, 1.82) is 0 Å². The molecular weight excluding hydrogens is 328 g/mol. The van der Waals surface area contributed by atoms with E-state index in [0.717, 1.165) is 16.8 Å². The molecule has 0 radical (unpaired) electrons. The SMILES string of the molecule is COC(=O)CCc1cc2c(cc1C)NC(=O)c1ccc(Cl)cc1N2. The molecule has 0 aliphatic carbocycles. The first-order valence-corrected chi connectivity index (χ1v) is 7.94. The van der Waals surface area contributed by atoms with Gasteiger partial charge in [0.25, 0.3) is 5.91 Å². The van der Waals surface area contributed by atoms with E-state index >= 15 is 0 Å². The van der Waals surface area contributed by atoms with E-state index in [1.807, 2.05) is 19.1 Å². The largest absolute Gasteiger partial charge is 0.469 e. The predicted molar refractivity (Wildman–Crippen MR) is 94.2 cm³/mol. The summed E-state index contributed by atoms with van der Waals surface area (Å²) >= 11 is 6.04. The lowest BCUT2D eigenvalue weighted by Crippen LogP contribution is -2.11. The number of methoxy groups -OCH3 is 1. The highest BCUT2D eigenvalue weighted by atomic mass is 35.5. The van der Waals surface area contributed by atoms with Gasteiger partial charge in [0, 0.05) is 11.4 Å². The molecule has 0 bridgehead atoms.